The molecule has 2 fully saturated rings. The first-order valence-electron chi connectivity index (χ1n) is 9.96. The van der Waals surface area contributed by atoms with Gasteiger partial charge < -0.3 is 15.2 Å². The Kier molecular flexibility index (Phi) is 5.11. The van der Waals surface area contributed by atoms with E-state index < -0.39 is 0 Å². The third-order valence-corrected chi connectivity index (χ3v) is 6.41. The van der Waals surface area contributed by atoms with Crippen molar-refractivity contribution in [2.24, 2.45) is 0 Å². The molecule has 25 heavy (non-hydrogen) atoms. The highest BCUT2D eigenvalue weighted by Gasteiger charge is 2.38. The number of nitrogens with zero attached hydrogens (tertiary/aromatic N) is 2. The van der Waals surface area contributed by atoms with Crippen molar-refractivity contribution in [1.82, 2.24) is 20.1 Å². The Bertz CT molecular complexity index is 678. The van der Waals surface area contributed by atoms with Crippen LogP contribution in [-0.2, 0) is 6.54 Å². The van der Waals surface area contributed by atoms with Gasteiger partial charge in [0.25, 0.3) is 0 Å². The molecular formula is C21H32N4. The second kappa shape index (κ2) is 7.48. The predicted octanol–water partition coefficient (Wildman–Crippen LogP) is 3.21. The van der Waals surface area contributed by atoms with Gasteiger partial charge in [-0.05, 0) is 37.6 Å². The molecule has 2 heterocycles. The minimum atomic E-state index is 0.381. The molecule has 1 saturated heterocycles. The molecule has 0 unspecified atom stereocenters. The summed E-state index contributed by atoms with van der Waals surface area (Å²) in [5, 5.41) is 5.19. The second-order valence-corrected chi connectivity index (χ2v) is 8.03. The average Bonchev–Trinajstić information content (AvgIpc) is 3.13. The lowest BCUT2D eigenvalue weighted by molar-refractivity contribution is 0.0136. The van der Waals surface area contributed by atoms with Crippen LogP contribution >= 0.6 is 0 Å². The summed E-state index contributed by atoms with van der Waals surface area (Å²) in [6.45, 7) is 6.97. The number of rotatable bonds is 5. The maximum absolute atomic E-state index is 3.83. The third kappa shape index (κ3) is 3.62. The Morgan fingerprint density at radius 3 is 2.64 bits per heavy atom. The van der Waals surface area contributed by atoms with Crippen LogP contribution in [0.4, 0.5) is 0 Å². The molecule has 1 aliphatic heterocycles. The van der Waals surface area contributed by atoms with Crippen LogP contribution in [0.2, 0.25) is 0 Å². The van der Waals surface area contributed by atoms with Crippen molar-refractivity contribution in [3.05, 3.63) is 36.0 Å². The smallest absolute Gasteiger partial charge is 0.0457 e. The van der Waals surface area contributed by atoms with Gasteiger partial charge in [-0.15, -0.1) is 0 Å². The monoisotopic (exact) mass is 340 g/mol. The summed E-state index contributed by atoms with van der Waals surface area (Å²) in [6.07, 6.45) is 8.96. The fourth-order valence-electron chi connectivity index (χ4n) is 4.83. The predicted molar refractivity (Wildman–Crippen MR) is 105 cm³/mol. The Hall–Kier alpha value is -1.36. The fraction of sp³-hybridized carbons (Fsp3) is 0.619. The molecule has 0 radical (unpaired) electrons. The molecule has 0 spiro atoms. The zero-order valence-corrected chi connectivity index (χ0v) is 15.6. The van der Waals surface area contributed by atoms with Crippen molar-refractivity contribution in [3.63, 3.8) is 0 Å². The molecule has 0 bridgehead atoms. The van der Waals surface area contributed by atoms with Gasteiger partial charge in [0.2, 0.25) is 0 Å². The van der Waals surface area contributed by atoms with Crippen molar-refractivity contribution < 1.29 is 0 Å². The van der Waals surface area contributed by atoms with Crippen LogP contribution in [0.3, 0.4) is 0 Å². The van der Waals surface area contributed by atoms with E-state index in [1.54, 1.807) is 0 Å². The first-order chi connectivity index (χ1) is 12.3. The molecule has 2 aliphatic rings. The zero-order chi connectivity index (χ0) is 17.1. The first-order valence-corrected chi connectivity index (χ1v) is 9.96. The van der Waals surface area contributed by atoms with E-state index in [0.29, 0.717) is 5.54 Å². The lowest BCUT2D eigenvalue weighted by Gasteiger charge is -2.49. The topological polar surface area (TPSA) is 34.3 Å². The molecule has 1 aromatic heterocycles. The van der Waals surface area contributed by atoms with Crippen LogP contribution in [0.5, 0.6) is 0 Å². The van der Waals surface area contributed by atoms with Gasteiger partial charge in [0.05, 0.1) is 0 Å². The van der Waals surface area contributed by atoms with E-state index >= 15 is 0 Å². The zero-order valence-electron chi connectivity index (χ0n) is 15.6. The number of piperazine rings is 1. The molecule has 2 N–H and O–H groups in total. The lowest BCUT2D eigenvalue weighted by atomic mass is 9.79. The molecule has 136 valence electrons. The van der Waals surface area contributed by atoms with Crippen LogP contribution in [0.25, 0.3) is 10.9 Å². The Labute approximate surface area is 151 Å². The van der Waals surface area contributed by atoms with Gasteiger partial charge in [-0.3, -0.25) is 4.90 Å². The van der Waals surface area contributed by atoms with Crippen molar-refractivity contribution in [2.75, 3.05) is 39.8 Å². The van der Waals surface area contributed by atoms with E-state index in [4.69, 9.17) is 0 Å². The van der Waals surface area contributed by atoms with Crippen LogP contribution in [0.1, 0.15) is 37.7 Å². The van der Waals surface area contributed by atoms with E-state index in [2.05, 4.69) is 51.4 Å². The maximum atomic E-state index is 3.83. The molecule has 1 aromatic carbocycles. The Morgan fingerprint density at radius 1 is 1.04 bits per heavy atom. The van der Waals surface area contributed by atoms with Gasteiger partial charge in [0.15, 0.2) is 0 Å². The van der Waals surface area contributed by atoms with Gasteiger partial charge in [0, 0.05) is 61.9 Å². The standard InChI is InChI=1S/C21H32N4/c1-24-12-14-25(15-13-24)21(9-3-2-4-10-21)17-22-16-18-6-5-7-20-19(18)8-11-23-20/h5-8,11,22-23H,2-4,9-10,12-17H2,1H3. The minimum absolute atomic E-state index is 0.381. The maximum Gasteiger partial charge on any atom is 0.0457 e. The summed E-state index contributed by atoms with van der Waals surface area (Å²) in [4.78, 5) is 8.59. The molecular weight excluding hydrogens is 308 g/mol. The number of likely N-dealkylation sites (N-methyl/N-ethyl adjacent to an activating group) is 1. The van der Waals surface area contributed by atoms with Gasteiger partial charge in [0.1, 0.15) is 0 Å². The SMILES string of the molecule is CN1CCN(C2(CNCc3cccc4[nH]ccc34)CCCCC2)CC1. The van der Waals surface area contributed by atoms with E-state index in [0.717, 1.165) is 13.1 Å². The van der Waals surface area contributed by atoms with Crippen LogP contribution in [0, 0.1) is 0 Å². The average molecular weight is 341 g/mol. The van der Waals surface area contributed by atoms with Gasteiger partial charge in [-0.25, -0.2) is 0 Å². The summed E-state index contributed by atoms with van der Waals surface area (Å²) in [6, 6.07) is 8.77. The molecule has 4 rings (SSSR count). The van der Waals surface area contributed by atoms with Crippen molar-refractivity contribution in [2.45, 2.75) is 44.2 Å². The number of H-pyrrole nitrogens is 1. The summed E-state index contributed by atoms with van der Waals surface area (Å²) in [7, 11) is 2.25. The van der Waals surface area contributed by atoms with Gasteiger partial charge in [-0.1, -0.05) is 31.4 Å². The highest BCUT2D eigenvalue weighted by atomic mass is 15.3. The Balaban J connectivity index is 1.43. The molecule has 1 saturated carbocycles. The van der Waals surface area contributed by atoms with Crippen molar-refractivity contribution in [1.29, 1.82) is 0 Å². The molecule has 4 nitrogen and oxygen atoms in total. The number of benzene rings is 1. The number of nitrogens with one attached hydrogen (secondary N) is 2. The summed E-state index contributed by atoms with van der Waals surface area (Å²) in [5.41, 5.74) is 3.03. The number of fused-ring (bicyclic) bond motifs is 1. The van der Waals surface area contributed by atoms with Gasteiger partial charge >= 0.3 is 0 Å². The highest BCUT2D eigenvalue weighted by Crippen LogP contribution is 2.34. The van der Waals surface area contributed by atoms with Crippen LogP contribution < -0.4 is 5.32 Å². The summed E-state index contributed by atoms with van der Waals surface area (Å²) >= 11 is 0. The minimum Gasteiger partial charge on any atom is -0.361 e. The van der Waals surface area contributed by atoms with Crippen molar-refractivity contribution >= 4 is 10.9 Å². The number of aromatic nitrogens is 1. The molecule has 0 amide bonds. The molecule has 1 aliphatic carbocycles. The summed E-state index contributed by atoms with van der Waals surface area (Å²) in [5.74, 6) is 0. The quantitative estimate of drug-likeness (QED) is 0.877. The number of hydrogen-bond donors (Lipinski definition) is 2. The van der Waals surface area contributed by atoms with E-state index in [9.17, 15) is 0 Å². The first kappa shape index (κ1) is 17.1. The third-order valence-electron chi connectivity index (χ3n) is 6.41. The van der Waals surface area contributed by atoms with Crippen LogP contribution in [-0.4, -0.2) is 60.1 Å². The highest BCUT2D eigenvalue weighted by molar-refractivity contribution is 5.82. The number of hydrogen-bond acceptors (Lipinski definition) is 3. The number of aromatic amines is 1. The lowest BCUT2D eigenvalue weighted by Crippen LogP contribution is -2.61. The summed E-state index contributed by atoms with van der Waals surface area (Å²) < 4.78 is 0. The van der Waals surface area contributed by atoms with Gasteiger partial charge in [-0.2, -0.15) is 0 Å². The normalized spacial score (nSPS) is 22.4. The fourth-order valence-corrected chi connectivity index (χ4v) is 4.83. The van der Waals surface area contributed by atoms with Crippen LogP contribution in [0.15, 0.2) is 30.5 Å². The largest absolute Gasteiger partial charge is 0.361 e. The second-order valence-electron chi connectivity index (χ2n) is 8.03. The molecule has 0 atom stereocenters. The molecule has 2 aromatic rings. The van der Waals surface area contributed by atoms with E-state index in [1.165, 1.54) is 74.7 Å². The van der Waals surface area contributed by atoms with E-state index in [-0.39, 0.29) is 0 Å². The molecule has 4 heteroatoms. The van der Waals surface area contributed by atoms with Crippen molar-refractivity contribution in [3.8, 4) is 0 Å². The van der Waals surface area contributed by atoms with E-state index in [1.807, 2.05) is 6.20 Å². The Morgan fingerprint density at radius 2 is 1.84 bits per heavy atom.